The fourth-order valence-electron chi connectivity index (χ4n) is 1.94. The number of carbonyl (C=O) groups is 1. The third-order valence-electron chi connectivity index (χ3n) is 2.95. The highest BCUT2D eigenvalue weighted by Gasteiger charge is 2.09. The number of hydrogen-bond acceptors (Lipinski definition) is 3. The van der Waals surface area contributed by atoms with Crippen LogP contribution in [0.3, 0.4) is 0 Å². The van der Waals surface area contributed by atoms with Crippen LogP contribution < -0.4 is 4.74 Å². The first-order valence-corrected chi connectivity index (χ1v) is 8.98. The molecule has 0 saturated heterocycles. The SMILES string of the molecule is CC.CCC.CCCN(CC)CC(=O)Cc1ccc(OC)cc1. The molecule has 0 aliphatic heterocycles. The summed E-state index contributed by atoms with van der Waals surface area (Å²) in [5.74, 6) is 1.10. The van der Waals surface area contributed by atoms with Gasteiger partial charge in [-0.05, 0) is 37.2 Å². The van der Waals surface area contributed by atoms with E-state index in [0.717, 1.165) is 30.8 Å². The second-order valence-electron chi connectivity index (χ2n) is 5.14. The highest BCUT2D eigenvalue weighted by atomic mass is 16.5. The minimum absolute atomic E-state index is 0.274. The van der Waals surface area contributed by atoms with E-state index in [0.29, 0.717) is 13.0 Å². The Morgan fingerprint density at radius 2 is 1.57 bits per heavy atom. The molecule has 134 valence electrons. The Hall–Kier alpha value is -1.35. The predicted octanol–water partition coefficient (Wildman–Crippen LogP) is 4.98. The molecule has 1 aromatic rings. The summed E-state index contributed by atoms with van der Waals surface area (Å²) in [4.78, 5) is 14.1. The second-order valence-corrected chi connectivity index (χ2v) is 5.14. The van der Waals surface area contributed by atoms with Crippen LogP contribution in [0.4, 0.5) is 0 Å². The summed E-state index contributed by atoms with van der Waals surface area (Å²) < 4.78 is 5.09. The molecule has 0 aromatic heterocycles. The van der Waals surface area contributed by atoms with Crippen LogP contribution in [0, 0.1) is 0 Å². The smallest absolute Gasteiger partial charge is 0.151 e. The third kappa shape index (κ3) is 12.8. The zero-order valence-corrected chi connectivity index (χ0v) is 16.3. The molecule has 1 aromatic carbocycles. The predicted molar refractivity (Wildman–Crippen MR) is 101 cm³/mol. The quantitative estimate of drug-likeness (QED) is 0.675. The van der Waals surface area contributed by atoms with E-state index in [-0.39, 0.29) is 5.78 Å². The lowest BCUT2D eigenvalue weighted by Gasteiger charge is -2.18. The van der Waals surface area contributed by atoms with Crippen LogP contribution in [0.1, 0.15) is 59.9 Å². The lowest BCUT2D eigenvalue weighted by Crippen LogP contribution is -2.31. The first-order valence-electron chi connectivity index (χ1n) is 8.98. The van der Waals surface area contributed by atoms with Crippen molar-refractivity contribution in [2.75, 3.05) is 26.7 Å². The van der Waals surface area contributed by atoms with Crippen LogP contribution in [-0.4, -0.2) is 37.4 Å². The lowest BCUT2D eigenvalue weighted by molar-refractivity contribution is -0.119. The van der Waals surface area contributed by atoms with Gasteiger partial charge in [-0.1, -0.05) is 60.1 Å². The van der Waals surface area contributed by atoms with Gasteiger partial charge in [-0.25, -0.2) is 0 Å². The van der Waals surface area contributed by atoms with Gasteiger partial charge in [-0.15, -0.1) is 0 Å². The van der Waals surface area contributed by atoms with Crippen molar-refractivity contribution >= 4 is 5.78 Å². The molecule has 1 rings (SSSR count). The Bertz CT molecular complexity index is 374. The van der Waals surface area contributed by atoms with E-state index in [4.69, 9.17) is 4.74 Å². The lowest BCUT2D eigenvalue weighted by atomic mass is 10.1. The number of rotatable bonds is 8. The zero-order valence-electron chi connectivity index (χ0n) is 16.3. The van der Waals surface area contributed by atoms with Gasteiger partial charge >= 0.3 is 0 Å². The number of benzene rings is 1. The van der Waals surface area contributed by atoms with E-state index in [1.807, 2.05) is 38.1 Å². The van der Waals surface area contributed by atoms with Crippen molar-refractivity contribution < 1.29 is 9.53 Å². The van der Waals surface area contributed by atoms with Gasteiger partial charge in [0.05, 0.1) is 13.7 Å². The Labute approximate surface area is 144 Å². The number of nitrogens with zero attached hydrogens (tertiary/aromatic N) is 1. The summed E-state index contributed by atoms with van der Waals surface area (Å²) in [7, 11) is 1.64. The normalized spacial score (nSPS) is 9.39. The van der Waals surface area contributed by atoms with E-state index in [1.54, 1.807) is 7.11 Å². The van der Waals surface area contributed by atoms with Crippen molar-refractivity contribution in [3.63, 3.8) is 0 Å². The monoisotopic (exact) mass is 323 g/mol. The van der Waals surface area contributed by atoms with Gasteiger partial charge in [-0.3, -0.25) is 9.69 Å². The molecule has 0 unspecified atom stereocenters. The maximum Gasteiger partial charge on any atom is 0.151 e. The summed E-state index contributed by atoms with van der Waals surface area (Å²) in [6.45, 7) is 15.0. The standard InChI is InChI=1S/C15H23NO2.C3H8.C2H6/c1-4-10-16(5-2)12-14(17)11-13-6-8-15(18-3)9-7-13;1-3-2;1-2/h6-9H,4-5,10-12H2,1-3H3;3H2,1-2H3;1-2H3. The second kappa shape index (κ2) is 17.0. The first-order chi connectivity index (χ1) is 11.1. The van der Waals surface area contributed by atoms with Gasteiger partial charge in [-0.2, -0.15) is 0 Å². The van der Waals surface area contributed by atoms with E-state index < -0.39 is 0 Å². The molecule has 0 aliphatic rings. The number of ether oxygens (including phenoxy) is 1. The highest BCUT2D eigenvalue weighted by molar-refractivity contribution is 5.82. The molecule has 0 saturated carbocycles. The Kier molecular flexibility index (Phi) is 17.7. The van der Waals surface area contributed by atoms with E-state index in [1.165, 1.54) is 6.42 Å². The average Bonchev–Trinajstić information content (AvgIpc) is 2.57. The van der Waals surface area contributed by atoms with Crippen molar-refractivity contribution in [3.8, 4) is 5.75 Å². The van der Waals surface area contributed by atoms with E-state index in [2.05, 4.69) is 32.6 Å². The van der Waals surface area contributed by atoms with Gasteiger partial charge in [0.15, 0.2) is 5.78 Å². The maximum atomic E-state index is 11.9. The minimum Gasteiger partial charge on any atom is -0.497 e. The third-order valence-corrected chi connectivity index (χ3v) is 2.95. The van der Waals surface area contributed by atoms with Crippen molar-refractivity contribution in [2.45, 2.75) is 60.8 Å². The molecule has 0 heterocycles. The fraction of sp³-hybridized carbons (Fsp3) is 0.650. The Morgan fingerprint density at radius 3 is 1.96 bits per heavy atom. The minimum atomic E-state index is 0.274. The Balaban J connectivity index is 0. The van der Waals surface area contributed by atoms with Gasteiger partial charge in [0.25, 0.3) is 0 Å². The molecule has 0 atom stereocenters. The van der Waals surface area contributed by atoms with Gasteiger partial charge < -0.3 is 4.74 Å². The molecule has 0 fully saturated rings. The number of hydrogen-bond donors (Lipinski definition) is 0. The van der Waals surface area contributed by atoms with Crippen LogP contribution >= 0.6 is 0 Å². The van der Waals surface area contributed by atoms with E-state index >= 15 is 0 Å². The molecule has 3 nitrogen and oxygen atoms in total. The maximum absolute atomic E-state index is 11.9. The zero-order chi connectivity index (χ0) is 18.1. The number of carbonyl (C=O) groups excluding carboxylic acids is 1. The molecule has 0 aliphatic carbocycles. The fourth-order valence-corrected chi connectivity index (χ4v) is 1.94. The number of likely N-dealkylation sites (N-methyl/N-ethyl adjacent to an activating group) is 1. The summed E-state index contributed by atoms with van der Waals surface area (Å²) in [5.41, 5.74) is 1.05. The largest absolute Gasteiger partial charge is 0.497 e. The van der Waals surface area contributed by atoms with E-state index in [9.17, 15) is 4.79 Å². The number of Topliss-reactive ketones (excluding diaryl/α,β-unsaturated/α-hetero) is 1. The summed E-state index contributed by atoms with van der Waals surface area (Å²) in [6.07, 6.45) is 2.84. The highest BCUT2D eigenvalue weighted by Crippen LogP contribution is 2.12. The van der Waals surface area contributed by atoms with Gasteiger partial charge in [0.1, 0.15) is 5.75 Å². The Morgan fingerprint density at radius 1 is 1.04 bits per heavy atom. The van der Waals surface area contributed by atoms with Crippen LogP contribution in [0.2, 0.25) is 0 Å². The molecular formula is C20H37NO2. The van der Waals surface area contributed by atoms with Gasteiger partial charge in [0.2, 0.25) is 0 Å². The molecule has 0 N–H and O–H groups in total. The van der Waals surface area contributed by atoms with Crippen molar-refractivity contribution in [1.82, 2.24) is 4.90 Å². The first kappa shape index (κ1) is 23.9. The van der Waals surface area contributed by atoms with Crippen LogP contribution in [-0.2, 0) is 11.2 Å². The van der Waals surface area contributed by atoms with Crippen molar-refractivity contribution in [2.24, 2.45) is 0 Å². The molecular weight excluding hydrogens is 286 g/mol. The average molecular weight is 324 g/mol. The molecule has 0 bridgehead atoms. The van der Waals surface area contributed by atoms with Crippen molar-refractivity contribution in [1.29, 1.82) is 0 Å². The van der Waals surface area contributed by atoms with Gasteiger partial charge in [0, 0.05) is 6.42 Å². The molecule has 0 radical (unpaired) electrons. The molecule has 3 heteroatoms. The number of ketones is 1. The summed E-state index contributed by atoms with van der Waals surface area (Å²) in [6, 6.07) is 7.69. The van der Waals surface area contributed by atoms with Crippen LogP contribution in [0.15, 0.2) is 24.3 Å². The van der Waals surface area contributed by atoms with Crippen LogP contribution in [0.5, 0.6) is 5.75 Å². The molecule has 0 amide bonds. The number of methoxy groups -OCH3 is 1. The summed E-state index contributed by atoms with van der Waals surface area (Å²) >= 11 is 0. The summed E-state index contributed by atoms with van der Waals surface area (Å²) in [5, 5.41) is 0. The topological polar surface area (TPSA) is 29.5 Å². The molecule has 0 spiro atoms. The van der Waals surface area contributed by atoms with Crippen molar-refractivity contribution in [3.05, 3.63) is 29.8 Å². The molecule has 23 heavy (non-hydrogen) atoms. The van der Waals surface area contributed by atoms with Crippen LogP contribution in [0.25, 0.3) is 0 Å².